The zero-order valence-corrected chi connectivity index (χ0v) is 12.0. The summed E-state index contributed by atoms with van der Waals surface area (Å²) in [6.45, 7) is 0.365. The van der Waals surface area contributed by atoms with E-state index in [-0.39, 0.29) is 5.91 Å². The first-order valence-corrected chi connectivity index (χ1v) is 6.71. The van der Waals surface area contributed by atoms with Crippen LogP contribution >= 0.6 is 11.3 Å². The molecule has 106 valence electrons. The number of amides is 1. The van der Waals surface area contributed by atoms with Gasteiger partial charge in [-0.2, -0.15) is 0 Å². The van der Waals surface area contributed by atoms with Crippen molar-refractivity contribution in [3.63, 3.8) is 0 Å². The lowest BCUT2D eigenvalue weighted by Gasteiger charge is -2.12. The summed E-state index contributed by atoms with van der Waals surface area (Å²) in [5.41, 5.74) is 6.54. The summed E-state index contributed by atoms with van der Waals surface area (Å²) < 4.78 is 10.3. The average Bonchev–Trinajstić information content (AvgIpc) is 2.97. The van der Waals surface area contributed by atoms with E-state index in [2.05, 4.69) is 10.3 Å². The minimum absolute atomic E-state index is 0.279. The van der Waals surface area contributed by atoms with E-state index in [1.54, 1.807) is 18.3 Å². The quantitative estimate of drug-likeness (QED) is 0.819. The van der Waals surface area contributed by atoms with Crippen molar-refractivity contribution in [1.82, 2.24) is 10.3 Å². The van der Waals surface area contributed by atoms with Crippen molar-refractivity contribution in [2.75, 3.05) is 20.0 Å². The molecule has 0 aliphatic rings. The van der Waals surface area contributed by atoms with Crippen LogP contribution < -0.4 is 20.5 Å². The summed E-state index contributed by atoms with van der Waals surface area (Å²) in [5.74, 6) is 0.668. The van der Waals surface area contributed by atoms with Crippen LogP contribution in [0, 0.1) is 0 Å². The monoisotopic (exact) mass is 293 g/mol. The molecule has 2 aromatic rings. The van der Waals surface area contributed by atoms with Crippen LogP contribution in [0.15, 0.2) is 23.7 Å². The van der Waals surface area contributed by atoms with Crippen LogP contribution in [-0.2, 0) is 6.54 Å². The molecule has 7 heteroatoms. The third-order valence-corrected chi connectivity index (χ3v) is 3.46. The molecule has 2 rings (SSSR count). The van der Waals surface area contributed by atoms with Gasteiger partial charge >= 0.3 is 0 Å². The molecular formula is C13H15N3O3S. The highest BCUT2D eigenvalue weighted by molar-refractivity contribution is 7.09. The van der Waals surface area contributed by atoms with Crippen LogP contribution in [0.2, 0.25) is 0 Å². The van der Waals surface area contributed by atoms with Gasteiger partial charge in [-0.1, -0.05) is 0 Å². The van der Waals surface area contributed by atoms with E-state index in [0.29, 0.717) is 29.3 Å². The van der Waals surface area contributed by atoms with Crippen molar-refractivity contribution in [3.8, 4) is 11.5 Å². The van der Waals surface area contributed by atoms with Gasteiger partial charge in [0.1, 0.15) is 5.01 Å². The van der Waals surface area contributed by atoms with Crippen LogP contribution in [-0.4, -0.2) is 25.1 Å². The Morgan fingerprint density at radius 3 is 2.65 bits per heavy atom. The predicted molar refractivity (Wildman–Crippen MR) is 77.2 cm³/mol. The van der Waals surface area contributed by atoms with E-state index in [1.807, 2.05) is 5.38 Å². The maximum Gasteiger partial charge on any atom is 0.253 e. The number of nitrogen functional groups attached to an aromatic ring is 1. The number of anilines is 1. The lowest BCUT2D eigenvalue weighted by atomic mass is 10.1. The molecule has 0 radical (unpaired) electrons. The summed E-state index contributed by atoms with van der Waals surface area (Å²) in [4.78, 5) is 16.2. The average molecular weight is 293 g/mol. The standard InChI is InChI=1S/C13H15N3O3S/c1-18-10-5-8(9(14)6-11(10)19-2)13(17)16-7-12-15-3-4-20-12/h3-6H,7,14H2,1-2H3,(H,16,17). The molecule has 20 heavy (non-hydrogen) atoms. The number of hydrogen-bond acceptors (Lipinski definition) is 6. The molecule has 1 aromatic carbocycles. The summed E-state index contributed by atoms with van der Waals surface area (Å²) in [6.07, 6.45) is 1.69. The van der Waals surface area contributed by atoms with Gasteiger partial charge in [-0.3, -0.25) is 4.79 Å². The number of aromatic nitrogens is 1. The van der Waals surface area contributed by atoms with Gasteiger partial charge in [0.2, 0.25) is 0 Å². The molecule has 0 spiro atoms. The molecule has 1 aromatic heterocycles. The van der Waals surface area contributed by atoms with E-state index >= 15 is 0 Å². The van der Waals surface area contributed by atoms with Crippen LogP contribution in [0.25, 0.3) is 0 Å². The normalized spacial score (nSPS) is 10.1. The van der Waals surface area contributed by atoms with Gasteiger partial charge in [0, 0.05) is 23.3 Å². The number of methoxy groups -OCH3 is 2. The first-order chi connectivity index (χ1) is 9.65. The Labute approximate surface area is 120 Å². The van der Waals surface area contributed by atoms with Crippen LogP contribution in [0.5, 0.6) is 11.5 Å². The van der Waals surface area contributed by atoms with Gasteiger partial charge in [-0.25, -0.2) is 4.98 Å². The third kappa shape index (κ3) is 3.00. The number of carbonyl (C=O) groups is 1. The second-order valence-electron chi connectivity index (χ2n) is 3.90. The van der Waals surface area contributed by atoms with Gasteiger partial charge in [0.25, 0.3) is 5.91 Å². The number of thiazole rings is 1. The highest BCUT2D eigenvalue weighted by atomic mass is 32.1. The summed E-state index contributed by atoms with van der Waals surface area (Å²) >= 11 is 1.48. The fourth-order valence-electron chi connectivity index (χ4n) is 1.68. The maximum absolute atomic E-state index is 12.1. The predicted octanol–water partition coefficient (Wildman–Crippen LogP) is 1.67. The number of nitrogens with one attached hydrogen (secondary N) is 1. The number of nitrogens with zero attached hydrogens (tertiary/aromatic N) is 1. The Kier molecular flexibility index (Phi) is 4.41. The Morgan fingerprint density at radius 1 is 1.35 bits per heavy atom. The molecule has 0 bridgehead atoms. The summed E-state index contributed by atoms with van der Waals surface area (Å²) in [5, 5.41) is 5.45. The topological polar surface area (TPSA) is 86.5 Å². The zero-order valence-electron chi connectivity index (χ0n) is 11.2. The number of rotatable bonds is 5. The number of benzene rings is 1. The van der Waals surface area contributed by atoms with Crippen molar-refractivity contribution >= 4 is 22.9 Å². The first kappa shape index (κ1) is 14.1. The minimum Gasteiger partial charge on any atom is -0.493 e. The van der Waals surface area contributed by atoms with Crippen LogP contribution in [0.1, 0.15) is 15.4 Å². The Bertz CT molecular complexity index is 599. The van der Waals surface area contributed by atoms with Crippen molar-refractivity contribution in [2.24, 2.45) is 0 Å². The first-order valence-electron chi connectivity index (χ1n) is 5.83. The third-order valence-electron chi connectivity index (χ3n) is 2.68. The van der Waals surface area contributed by atoms with Gasteiger partial charge in [-0.15, -0.1) is 11.3 Å². The van der Waals surface area contributed by atoms with E-state index < -0.39 is 0 Å². The summed E-state index contributed by atoms with van der Waals surface area (Å²) in [6, 6.07) is 3.13. The second kappa shape index (κ2) is 6.25. The number of carbonyl (C=O) groups excluding carboxylic acids is 1. The van der Waals surface area contributed by atoms with Crippen molar-refractivity contribution in [2.45, 2.75) is 6.54 Å². The lowest BCUT2D eigenvalue weighted by Crippen LogP contribution is -2.23. The van der Waals surface area contributed by atoms with Gasteiger partial charge in [-0.05, 0) is 6.07 Å². The molecule has 0 aliphatic heterocycles. The molecular weight excluding hydrogens is 278 g/mol. The Balaban J connectivity index is 2.16. The van der Waals surface area contributed by atoms with E-state index in [4.69, 9.17) is 15.2 Å². The SMILES string of the molecule is COc1cc(N)c(C(=O)NCc2nccs2)cc1OC. The van der Waals surface area contributed by atoms with Crippen molar-refractivity contribution < 1.29 is 14.3 Å². The molecule has 0 atom stereocenters. The second-order valence-corrected chi connectivity index (χ2v) is 4.88. The molecule has 1 amide bonds. The van der Waals surface area contributed by atoms with Crippen LogP contribution in [0.3, 0.4) is 0 Å². The Hall–Kier alpha value is -2.28. The van der Waals surface area contributed by atoms with Crippen molar-refractivity contribution in [1.29, 1.82) is 0 Å². The molecule has 0 aliphatic carbocycles. The number of ether oxygens (including phenoxy) is 2. The van der Waals surface area contributed by atoms with Crippen LogP contribution in [0.4, 0.5) is 5.69 Å². The van der Waals surface area contributed by atoms with Crippen molar-refractivity contribution in [3.05, 3.63) is 34.3 Å². The van der Waals surface area contributed by atoms with E-state index in [1.165, 1.54) is 25.6 Å². The summed E-state index contributed by atoms with van der Waals surface area (Å²) in [7, 11) is 3.02. The molecule has 6 nitrogen and oxygen atoms in total. The van der Waals surface area contributed by atoms with Gasteiger partial charge in [0.05, 0.1) is 26.3 Å². The largest absolute Gasteiger partial charge is 0.493 e. The molecule has 0 unspecified atom stereocenters. The zero-order chi connectivity index (χ0) is 14.5. The smallest absolute Gasteiger partial charge is 0.253 e. The number of nitrogens with two attached hydrogens (primary N) is 1. The molecule has 0 saturated heterocycles. The minimum atomic E-state index is -0.279. The molecule has 0 fully saturated rings. The molecule has 3 N–H and O–H groups in total. The fraction of sp³-hybridized carbons (Fsp3) is 0.231. The highest BCUT2D eigenvalue weighted by Crippen LogP contribution is 2.31. The fourth-order valence-corrected chi connectivity index (χ4v) is 2.24. The lowest BCUT2D eigenvalue weighted by molar-refractivity contribution is 0.0951. The van der Waals surface area contributed by atoms with E-state index in [9.17, 15) is 4.79 Å². The van der Waals surface area contributed by atoms with E-state index in [0.717, 1.165) is 5.01 Å². The maximum atomic E-state index is 12.1. The number of hydrogen-bond donors (Lipinski definition) is 2. The Morgan fingerprint density at radius 2 is 2.05 bits per heavy atom. The van der Waals surface area contributed by atoms with Gasteiger partial charge < -0.3 is 20.5 Å². The molecule has 1 heterocycles. The highest BCUT2D eigenvalue weighted by Gasteiger charge is 2.15. The van der Waals surface area contributed by atoms with Gasteiger partial charge in [0.15, 0.2) is 11.5 Å². The molecule has 0 saturated carbocycles.